The van der Waals surface area contributed by atoms with E-state index < -0.39 is 0 Å². The highest BCUT2D eigenvalue weighted by molar-refractivity contribution is 14.0. The standard InChI is InChI=1S/C21H36N4O3.HI/c1-16(2)15-28-10-6-8-23-21(22-3)24-17-7-9-25(14-17)18-11-19(26-4)13-20(12-18)27-5;/h11-13,16-17H,6-10,14-15H2,1-5H3,(H2,22,23,24);1H. The van der Waals surface area contributed by atoms with Crippen molar-refractivity contribution in [1.29, 1.82) is 0 Å². The van der Waals surface area contributed by atoms with Crippen LogP contribution in [0.5, 0.6) is 11.5 Å². The Hall–Kier alpha value is -1.42. The Balaban J connectivity index is 0.00000420. The van der Waals surface area contributed by atoms with Crippen LogP contribution in [0.1, 0.15) is 26.7 Å². The van der Waals surface area contributed by atoms with E-state index in [1.165, 1.54) is 0 Å². The van der Waals surface area contributed by atoms with Crippen molar-refractivity contribution in [2.24, 2.45) is 10.9 Å². The van der Waals surface area contributed by atoms with Gasteiger partial charge in [-0.15, -0.1) is 24.0 Å². The number of anilines is 1. The number of benzene rings is 1. The third-order valence-electron chi connectivity index (χ3n) is 4.66. The summed E-state index contributed by atoms with van der Waals surface area (Å²) < 4.78 is 16.4. The molecule has 0 saturated carbocycles. The molecular weight excluding hydrogens is 483 g/mol. The van der Waals surface area contributed by atoms with Gasteiger partial charge in [-0.25, -0.2) is 0 Å². The number of hydrogen-bond donors (Lipinski definition) is 2. The average Bonchev–Trinajstić information content (AvgIpc) is 3.17. The van der Waals surface area contributed by atoms with E-state index in [-0.39, 0.29) is 24.0 Å². The lowest BCUT2D eigenvalue weighted by Gasteiger charge is -2.21. The lowest BCUT2D eigenvalue weighted by atomic mass is 10.2. The summed E-state index contributed by atoms with van der Waals surface area (Å²) in [5, 5.41) is 6.90. The molecule has 0 amide bonds. The second-order valence-electron chi connectivity index (χ2n) is 7.47. The van der Waals surface area contributed by atoms with Crippen LogP contribution in [0.3, 0.4) is 0 Å². The summed E-state index contributed by atoms with van der Waals surface area (Å²) in [5.41, 5.74) is 1.12. The molecule has 0 aromatic heterocycles. The minimum absolute atomic E-state index is 0. The average molecular weight is 520 g/mol. The molecule has 29 heavy (non-hydrogen) atoms. The first-order valence-corrected chi connectivity index (χ1v) is 10.1. The van der Waals surface area contributed by atoms with Crippen LogP contribution in [0.2, 0.25) is 0 Å². The van der Waals surface area contributed by atoms with Gasteiger partial charge >= 0.3 is 0 Å². The number of rotatable bonds is 10. The zero-order valence-corrected chi connectivity index (χ0v) is 20.7. The molecule has 1 atom stereocenters. The first-order chi connectivity index (χ1) is 13.5. The normalized spacial score (nSPS) is 16.6. The highest BCUT2D eigenvalue weighted by Gasteiger charge is 2.24. The van der Waals surface area contributed by atoms with Crippen molar-refractivity contribution in [3.8, 4) is 11.5 Å². The van der Waals surface area contributed by atoms with Crippen LogP contribution >= 0.6 is 24.0 Å². The Morgan fingerprint density at radius 3 is 2.48 bits per heavy atom. The molecule has 0 radical (unpaired) electrons. The van der Waals surface area contributed by atoms with E-state index in [0.717, 1.165) is 68.8 Å². The fourth-order valence-electron chi connectivity index (χ4n) is 3.18. The number of methoxy groups -OCH3 is 2. The van der Waals surface area contributed by atoms with Gasteiger partial charge in [-0.05, 0) is 18.8 Å². The first kappa shape index (κ1) is 25.6. The monoisotopic (exact) mass is 520 g/mol. The molecule has 0 spiro atoms. The Kier molecular flexibility index (Phi) is 12.1. The highest BCUT2D eigenvalue weighted by atomic mass is 127. The number of nitrogens with zero attached hydrogens (tertiary/aromatic N) is 2. The number of ether oxygens (including phenoxy) is 3. The third kappa shape index (κ3) is 8.86. The minimum Gasteiger partial charge on any atom is -0.497 e. The van der Waals surface area contributed by atoms with Crippen molar-refractivity contribution in [1.82, 2.24) is 10.6 Å². The van der Waals surface area contributed by atoms with Crippen LogP contribution in [-0.4, -0.2) is 66.1 Å². The molecule has 7 nitrogen and oxygen atoms in total. The molecule has 1 heterocycles. The number of nitrogens with one attached hydrogen (secondary N) is 2. The molecule has 166 valence electrons. The topological polar surface area (TPSA) is 67.4 Å². The largest absolute Gasteiger partial charge is 0.497 e. The van der Waals surface area contributed by atoms with Gasteiger partial charge in [0.1, 0.15) is 11.5 Å². The molecule has 0 aliphatic carbocycles. The summed E-state index contributed by atoms with van der Waals surface area (Å²) in [5.74, 6) is 3.04. The van der Waals surface area contributed by atoms with E-state index in [4.69, 9.17) is 14.2 Å². The number of hydrogen-bond acceptors (Lipinski definition) is 5. The van der Waals surface area contributed by atoms with Crippen LogP contribution in [0.15, 0.2) is 23.2 Å². The fraction of sp³-hybridized carbons (Fsp3) is 0.667. The predicted molar refractivity (Wildman–Crippen MR) is 130 cm³/mol. The zero-order valence-electron chi connectivity index (χ0n) is 18.4. The van der Waals surface area contributed by atoms with Gasteiger partial charge in [0.05, 0.1) is 14.2 Å². The summed E-state index contributed by atoms with van der Waals surface area (Å²) in [6, 6.07) is 6.34. The van der Waals surface area contributed by atoms with Crippen molar-refractivity contribution >= 4 is 35.6 Å². The van der Waals surface area contributed by atoms with Gasteiger partial charge in [0.2, 0.25) is 0 Å². The fourth-order valence-corrected chi connectivity index (χ4v) is 3.18. The van der Waals surface area contributed by atoms with E-state index in [1.807, 2.05) is 13.1 Å². The summed E-state index contributed by atoms with van der Waals surface area (Å²) in [7, 11) is 5.16. The van der Waals surface area contributed by atoms with E-state index in [0.29, 0.717) is 12.0 Å². The minimum atomic E-state index is 0. The molecule has 1 aliphatic heterocycles. The second kappa shape index (κ2) is 13.7. The first-order valence-electron chi connectivity index (χ1n) is 10.1. The van der Waals surface area contributed by atoms with Gasteiger partial charge < -0.3 is 29.7 Å². The summed E-state index contributed by atoms with van der Waals surface area (Å²) >= 11 is 0. The summed E-state index contributed by atoms with van der Waals surface area (Å²) in [6.45, 7) is 8.66. The molecule has 8 heteroatoms. The van der Waals surface area contributed by atoms with E-state index in [2.05, 4.69) is 46.5 Å². The Morgan fingerprint density at radius 1 is 1.21 bits per heavy atom. The molecule has 2 rings (SSSR count). The van der Waals surface area contributed by atoms with Crippen LogP contribution in [0, 0.1) is 5.92 Å². The third-order valence-corrected chi connectivity index (χ3v) is 4.66. The van der Waals surface area contributed by atoms with Gasteiger partial charge in [-0.3, -0.25) is 4.99 Å². The van der Waals surface area contributed by atoms with Gasteiger partial charge in [0.25, 0.3) is 0 Å². The van der Waals surface area contributed by atoms with Gasteiger partial charge in [0.15, 0.2) is 5.96 Å². The lowest BCUT2D eigenvalue weighted by Crippen LogP contribution is -2.45. The summed E-state index contributed by atoms with van der Waals surface area (Å²) in [6.07, 6.45) is 2.02. The maximum absolute atomic E-state index is 5.62. The molecular formula is C21H37IN4O3. The van der Waals surface area contributed by atoms with Crippen molar-refractivity contribution in [3.63, 3.8) is 0 Å². The van der Waals surface area contributed by atoms with E-state index >= 15 is 0 Å². The number of halogens is 1. The lowest BCUT2D eigenvalue weighted by molar-refractivity contribution is 0.108. The molecule has 1 saturated heterocycles. The Labute approximate surface area is 192 Å². The second-order valence-corrected chi connectivity index (χ2v) is 7.47. The van der Waals surface area contributed by atoms with Gasteiger partial charge in [-0.1, -0.05) is 13.8 Å². The van der Waals surface area contributed by atoms with Crippen LogP contribution in [-0.2, 0) is 4.74 Å². The van der Waals surface area contributed by atoms with Crippen LogP contribution in [0.4, 0.5) is 5.69 Å². The van der Waals surface area contributed by atoms with Crippen molar-refractivity contribution < 1.29 is 14.2 Å². The Bertz CT molecular complexity index is 606. The quantitative estimate of drug-likeness (QED) is 0.214. The van der Waals surface area contributed by atoms with Crippen molar-refractivity contribution in [3.05, 3.63) is 18.2 Å². The maximum Gasteiger partial charge on any atom is 0.191 e. The highest BCUT2D eigenvalue weighted by Crippen LogP contribution is 2.30. The van der Waals surface area contributed by atoms with Gasteiger partial charge in [-0.2, -0.15) is 0 Å². The molecule has 1 aromatic rings. The molecule has 1 fully saturated rings. The van der Waals surface area contributed by atoms with Crippen molar-refractivity contribution in [2.75, 3.05) is 59.0 Å². The van der Waals surface area contributed by atoms with Gasteiger partial charge in [0, 0.05) is 69.8 Å². The number of aliphatic imine (C=N–C) groups is 1. The molecule has 1 unspecified atom stereocenters. The van der Waals surface area contributed by atoms with Crippen molar-refractivity contribution in [2.45, 2.75) is 32.7 Å². The number of guanidine groups is 1. The molecule has 0 bridgehead atoms. The molecule has 2 N–H and O–H groups in total. The molecule has 1 aromatic carbocycles. The van der Waals surface area contributed by atoms with Crippen LogP contribution < -0.4 is 25.0 Å². The molecule has 1 aliphatic rings. The summed E-state index contributed by atoms with van der Waals surface area (Å²) in [4.78, 5) is 6.69. The maximum atomic E-state index is 5.62. The van der Waals surface area contributed by atoms with Crippen LogP contribution in [0.25, 0.3) is 0 Å². The SMILES string of the molecule is CN=C(NCCCOCC(C)C)NC1CCN(c2cc(OC)cc(OC)c2)C1.I. The zero-order chi connectivity index (χ0) is 20.4. The van der Waals surface area contributed by atoms with E-state index in [1.54, 1.807) is 14.2 Å². The smallest absolute Gasteiger partial charge is 0.191 e. The van der Waals surface area contributed by atoms with E-state index in [9.17, 15) is 0 Å². The predicted octanol–water partition coefficient (Wildman–Crippen LogP) is 3.13. The Morgan fingerprint density at radius 2 is 1.90 bits per heavy atom.